The highest BCUT2D eigenvalue weighted by atomic mass is 35.5. The molecule has 3 nitrogen and oxygen atoms in total. The maximum Gasteiger partial charge on any atom is 0.0587 e. The monoisotopic (exact) mass is 310 g/mol. The molecule has 0 atom stereocenters. The first-order valence-electron chi connectivity index (χ1n) is 7.97. The van der Waals surface area contributed by atoms with Crippen molar-refractivity contribution >= 4 is 17.3 Å². The molecular weight excluding hydrogens is 284 g/mol. The molecule has 0 bridgehead atoms. The lowest BCUT2D eigenvalue weighted by molar-refractivity contribution is 0.199. The molecule has 0 radical (unpaired) electrons. The largest absolute Gasteiger partial charge is 0.383 e. The van der Waals surface area contributed by atoms with E-state index in [0.717, 1.165) is 43.7 Å². The number of hydrogen-bond acceptors (Lipinski definition) is 3. The van der Waals surface area contributed by atoms with Gasteiger partial charge >= 0.3 is 0 Å². The van der Waals surface area contributed by atoms with Crippen LogP contribution >= 0.6 is 11.6 Å². The molecule has 1 saturated carbocycles. The Kier molecular flexibility index (Phi) is 6.81. The zero-order valence-electron chi connectivity index (χ0n) is 13.2. The lowest BCUT2D eigenvalue weighted by Crippen LogP contribution is -2.33. The zero-order valence-corrected chi connectivity index (χ0v) is 14.0. The summed E-state index contributed by atoms with van der Waals surface area (Å²) in [5.74, 6) is 0.859. The Morgan fingerprint density at radius 2 is 2.19 bits per heavy atom. The fourth-order valence-corrected chi connectivity index (χ4v) is 2.93. The van der Waals surface area contributed by atoms with Crippen molar-refractivity contribution in [1.82, 2.24) is 5.32 Å². The number of benzene rings is 1. The molecule has 1 aliphatic carbocycles. The van der Waals surface area contributed by atoms with E-state index in [1.165, 1.54) is 30.5 Å². The zero-order chi connectivity index (χ0) is 15.1. The van der Waals surface area contributed by atoms with Crippen LogP contribution in [0.5, 0.6) is 0 Å². The van der Waals surface area contributed by atoms with Crippen molar-refractivity contribution in [2.75, 3.05) is 38.3 Å². The second-order valence-corrected chi connectivity index (χ2v) is 6.21. The molecule has 21 heavy (non-hydrogen) atoms. The lowest BCUT2D eigenvalue weighted by atomic mass is 9.85. The second kappa shape index (κ2) is 8.62. The molecule has 0 heterocycles. The van der Waals surface area contributed by atoms with Crippen LogP contribution in [0.1, 0.15) is 31.7 Å². The van der Waals surface area contributed by atoms with E-state index in [1.54, 1.807) is 7.11 Å². The first-order chi connectivity index (χ1) is 10.2. The minimum atomic E-state index is 0.739. The molecule has 1 fully saturated rings. The van der Waals surface area contributed by atoms with Crippen LogP contribution in [0.3, 0.4) is 0 Å². The third-order valence-electron chi connectivity index (χ3n) is 4.27. The molecule has 2 rings (SSSR count). The number of hydrogen-bond donors (Lipinski definition) is 1. The predicted octanol–water partition coefficient (Wildman–Crippen LogP) is 3.70. The van der Waals surface area contributed by atoms with Gasteiger partial charge in [-0.25, -0.2) is 0 Å². The van der Waals surface area contributed by atoms with Gasteiger partial charge in [-0.15, -0.1) is 0 Å². The van der Waals surface area contributed by atoms with Crippen molar-refractivity contribution in [1.29, 1.82) is 0 Å². The van der Waals surface area contributed by atoms with Crippen LogP contribution < -0.4 is 10.2 Å². The minimum Gasteiger partial charge on any atom is -0.383 e. The fraction of sp³-hybridized carbons (Fsp3) is 0.647. The van der Waals surface area contributed by atoms with E-state index in [1.807, 2.05) is 6.07 Å². The Morgan fingerprint density at radius 1 is 1.38 bits per heavy atom. The summed E-state index contributed by atoms with van der Waals surface area (Å²) in [4.78, 5) is 2.48. The summed E-state index contributed by atoms with van der Waals surface area (Å²) in [6.45, 7) is 6.87. The molecular formula is C17H27ClN2O. The van der Waals surface area contributed by atoms with E-state index in [2.05, 4.69) is 29.3 Å². The van der Waals surface area contributed by atoms with Gasteiger partial charge in [0.25, 0.3) is 0 Å². The number of nitrogens with one attached hydrogen (secondary N) is 1. The smallest absolute Gasteiger partial charge is 0.0587 e. The number of rotatable bonds is 9. The number of ether oxygens (including phenoxy) is 1. The summed E-state index contributed by atoms with van der Waals surface area (Å²) in [6, 6.07) is 6.23. The molecule has 1 aliphatic rings. The van der Waals surface area contributed by atoms with Crippen molar-refractivity contribution in [2.45, 2.75) is 32.7 Å². The van der Waals surface area contributed by atoms with E-state index in [0.29, 0.717) is 0 Å². The molecule has 0 spiro atoms. The van der Waals surface area contributed by atoms with Gasteiger partial charge in [-0.1, -0.05) is 24.1 Å². The van der Waals surface area contributed by atoms with Gasteiger partial charge in [-0.3, -0.25) is 0 Å². The highest BCUT2D eigenvalue weighted by molar-refractivity contribution is 6.30. The Balaban J connectivity index is 2.04. The topological polar surface area (TPSA) is 24.5 Å². The SMILES string of the molecule is CCN(CC1CCC1)c1cc(Cl)ccc1CNCCOC. The molecule has 0 aromatic heterocycles. The summed E-state index contributed by atoms with van der Waals surface area (Å²) in [7, 11) is 1.73. The van der Waals surface area contributed by atoms with E-state index in [9.17, 15) is 0 Å². The lowest BCUT2D eigenvalue weighted by Gasteiger charge is -2.34. The molecule has 4 heteroatoms. The highest BCUT2D eigenvalue weighted by Gasteiger charge is 2.21. The first kappa shape index (κ1) is 16.6. The van der Waals surface area contributed by atoms with E-state index < -0.39 is 0 Å². The molecule has 0 saturated heterocycles. The summed E-state index contributed by atoms with van der Waals surface area (Å²) < 4.78 is 5.08. The van der Waals surface area contributed by atoms with E-state index >= 15 is 0 Å². The van der Waals surface area contributed by atoms with Crippen LogP contribution in [0.15, 0.2) is 18.2 Å². The molecule has 1 N–H and O–H groups in total. The standard InChI is InChI=1S/C17H27ClN2O/c1-3-20(13-14-5-4-6-14)17-11-16(18)8-7-15(17)12-19-9-10-21-2/h7-8,11,14,19H,3-6,9-10,12-13H2,1-2H3. The summed E-state index contributed by atoms with van der Waals surface area (Å²) in [5.41, 5.74) is 2.60. The number of nitrogens with zero attached hydrogens (tertiary/aromatic N) is 1. The number of halogens is 1. The van der Waals surface area contributed by atoms with Gasteiger partial charge in [0.1, 0.15) is 0 Å². The summed E-state index contributed by atoms with van der Waals surface area (Å²) in [5, 5.41) is 4.25. The van der Waals surface area contributed by atoms with E-state index in [4.69, 9.17) is 16.3 Å². The molecule has 1 aromatic rings. The van der Waals surface area contributed by atoms with Gasteiger partial charge in [-0.2, -0.15) is 0 Å². The fourth-order valence-electron chi connectivity index (χ4n) is 2.76. The average molecular weight is 311 g/mol. The molecule has 1 aromatic carbocycles. The molecule has 118 valence electrons. The summed E-state index contributed by atoms with van der Waals surface area (Å²) in [6.07, 6.45) is 4.14. The maximum absolute atomic E-state index is 6.22. The van der Waals surface area contributed by atoms with Crippen LogP contribution in [0.4, 0.5) is 5.69 Å². The third-order valence-corrected chi connectivity index (χ3v) is 4.51. The average Bonchev–Trinajstić information content (AvgIpc) is 2.44. The Bertz CT molecular complexity index is 435. The van der Waals surface area contributed by atoms with Gasteiger partial charge in [0, 0.05) is 44.0 Å². The van der Waals surface area contributed by atoms with Crippen LogP contribution in [-0.2, 0) is 11.3 Å². The maximum atomic E-state index is 6.22. The van der Waals surface area contributed by atoms with Crippen molar-refractivity contribution in [3.8, 4) is 0 Å². The van der Waals surface area contributed by atoms with Crippen molar-refractivity contribution in [3.63, 3.8) is 0 Å². The Labute approximate surface area is 133 Å². The van der Waals surface area contributed by atoms with E-state index in [-0.39, 0.29) is 0 Å². The van der Waals surface area contributed by atoms with Crippen LogP contribution in [0, 0.1) is 5.92 Å². The van der Waals surface area contributed by atoms with Crippen molar-refractivity contribution in [2.24, 2.45) is 5.92 Å². The van der Waals surface area contributed by atoms with Crippen molar-refractivity contribution < 1.29 is 4.74 Å². The van der Waals surface area contributed by atoms with Crippen LogP contribution in [0.25, 0.3) is 0 Å². The van der Waals surface area contributed by atoms with Gasteiger partial charge < -0.3 is 15.0 Å². The quantitative estimate of drug-likeness (QED) is 0.704. The number of anilines is 1. The highest BCUT2D eigenvalue weighted by Crippen LogP contribution is 2.31. The Hall–Kier alpha value is -0.770. The van der Waals surface area contributed by atoms with Gasteiger partial charge in [-0.05, 0) is 43.4 Å². The second-order valence-electron chi connectivity index (χ2n) is 5.78. The molecule has 0 aliphatic heterocycles. The molecule has 0 unspecified atom stereocenters. The van der Waals surface area contributed by atoms with Crippen LogP contribution in [0.2, 0.25) is 5.02 Å². The van der Waals surface area contributed by atoms with Gasteiger partial charge in [0.15, 0.2) is 0 Å². The van der Waals surface area contributed by atoms with Gasteiger partial charge in [0.2, 0.25) is 0 Å². The molecule has 0 amide bonds. The first-order valence-corrected chi connectivity index (χ1v) is 8.35. The predicted molar refractivity (Wildman–Crippen MR) is 90.3 cm³/mol. The normalized spacial score (nSPS) is 15.0. The third kappa shape index (κ3) is 4.87. The van der Waals surface area contributed by atoms with Crippen LogP contribution in [-0.4, -0.2) is 33.4 Å². The summed E-state index contributed by atoms with van der Waals surface area (Å²) >= 11 is 6.22. The minimum absolute atomic E-state index is 0.739. The number of methoxy groups -OCH3 is 1. The Morgan fingerprint density at radius 3 is 2.81 bits per heavy atom. The van der Waals surface area contributed by atoms with Gasteiger partial charge in [0.05, 0.1) is 6.61 Å². The van der Waals surface area contributed by atoms with Crippen molar-refractivity contribution in [3.05, 3.63) is 28.8 Å².